The summed E-state index contributed by atoms with van der Waals surface area (Å²) in [6.07, 6.45) is -0.557. The molecule has 2 aromatic rings. The van der Waals surface area contributed by atoms with Gasteiger partial charge in [0.25, 0.3) is 5.89 Å². The molecule has 124 valence electrons. The average Bonchev–Trinajstić information content (AvgIpc) is 2.95. The zero-order chi connectivity index (χ0) is 16.8. The van der Waals surface area contributed by atoms with Crippen LogP contribution in [0.3, 0.4) is 0 Å². The largest absolute Gasteiger partial charge is 0.452 e. The Morgan fingerprint density at radius 1 is 1.35 bits per heavy atom. The third-order valence-corrected chi connectivity index (χ3v) is 3.57. The van der Waals surface area contributed by atoms with Gasteiger partial charge in [-0.3, -0.25) is 9.69 Å². The van der Waals surface area contributed by atoms with Crippen LogP contribution in [-0.4, -0.2) is 34.2 Å². The summed E-state index contributed by atoms with van der Waals surface area (Å²) < 4.78 is 10.6. The molecular weight excluding hydrogens is 318 g/mol. The molecule has 2 rings (SSSR count). The van der Waals surface area contributed by atoms with E-state index in [1.54, 1.807) is 13.8 Å². The van der Waals surface area contributed by atoms with Gasteiger partial charge in [-0.15, -0.1) is 10.2 Å². The maximum absolute atomic E-state index is 12.1. The molecule has 0 amide bonds. The summed E-state index contributed by atoms with van der Waals surface area (Å²) in [5, 5.41) is 8.27. The Bertz CT molecular complexity index is 642. The number of hydrogen-bond acceptors (Lipinski definition) is 6. The predicted octanol–water partition coefficient (Wildman–Crippen LogP) is 3.16. The van der Waals surface area contributed by atoms with Gasteiger partial charge in [-0.2, -0.15) is 0 Å². The second kappa shape index (κ2) is 8.08. The third kappa shape index (κ3) is 5.33. The lowest BCUT2D eigenvalue weighted by atomic mass is 10.2. The molecule has 0 aliphatic rings. The Kier molecular flexibility index (Phi) is 6.12. The summed E-state index contributed by atoms with van der Waals surface area (Å²) in [5.41, 5.74) is 1.09. The van der Waals surface area contributed by atoms with E-state index in [9.17, 15) is 4.79 Å². The van der Waals surface area contributed by atoms with Crippen molar-refractivity contribution in [2.45, 2.75) is 33.4 Å². The van der Waals surface area contributed by atoms with E-state index in [4.69, 9.17) is 20.8 Å². The average molecular weight is 338 g/mol. The fourth-order valence-electron chi connectivity index (χ4n) is 2.07. The van der Waals surface area contributed by atoms with Crippen LogP contribution in [0, 0.1) is 6.92 Å². The molecule has 0 aliphatic heterocycles. The molecule has 6 nitrogen and oxygen atoms in total. The van der Waals surface area contributed by atoms with Crippen LogP contribution in [0.1, 0.15) is 37.3 Å². The molecule has 0 aliphatic carbocycles. The van der Waals surface area contributed by atoms with Crippen LogP contribution in [-0.2, 0) is 16.1 Å². The number of rotatable bonds is 7. The highest BCUT2D eigenvalue weighted by molar-refractivity contribution is 6.30. The van der Waals surface area contributed by atoms with Crippen molar-refractivity contribution < 1.29 is 13.9 Å². The molecule has 1 atom stereocenters. The van der Waals surface area contributed by atoms with E-state index >= 15 is 0 Å². The number of benzene rings is 1. The molecule has 7 heteroatoms. The smallest absolute Gasteiger partial charge is 0.320 e. The van der Waals surface area contributed by atoms with Crippen molar-refractivity contribution in [1.82, 2.24) is 15.1 Å². The first kappa shape index (κ1) is 17.4. The van der Waals surface area contributed by atoms with Crippen LogP contribution in [0.25, 0.3) is 0 Å². The van der Waals surface area contributed by atoms with Gasteiger partial charge >= 0.3 is 5.97 Å². The van der Waals surface area contributed by atoms with Crippen molar-refractivity contribution in [2.75, 3.05) is 13.1 Å². The summed E-state index contributed by atoms with van der Waals surface area (Å²) >= 11 is 5.88. The zero-order valence-corrected chi connectivity index (χ0v) is 14.2. The number of hydrogen-bond donors (Lipinski definition) is 0. The number of esters is 1. The van der Waals surface area contributed by atoms with Gasteiger partial charge in [-0.05, 0) is 31.2 Å². The summed E-state index contributed by atoms with van der Waals surface area (Å²) in [5.74, 6) is 0.418. The van der Waals surface area contributed by atoms with Gasteiger partial charge < -0.3 is 9.15 Å². The van der Waals surface area contributed by atoms with Crippen LogP contribution < -0.4 is 0 Å². The van der Waals surface area contributed by atoms with Crippen LogP contribution in [0.4, 0.5) is 0 Å². The van der Waals surface area contributed by atoms with Crippen LogP contribution >= 0.6 is 11.6 Å². The lowest BCUT2D eigenvalue weighted by Crippen LogP contribution is -2.31. The SMILES string of the molecule is CCN(CC(=O)O[C@H](C)c1nnc(C)o1)Cc1ccc(Cl)cc1. The van der Waals surface area contributed by atoms with Gasteiger partial charge in [0.1, 0.15) is 0 Å². The number of carbonyl (C=O) groups is 1. The van der Waals surface area contributed by atoms with E-state index in [0.29, 0.717) is 23.3 Å². The fourth-order valence-corrected chi connectivity index (χ4v) is 2.20. The topological polar surface area (TPSA) is 68.5 Å². The van der Waals surface area contributed by atoms with Crippen LogP contribution in [0.15, 0.2) is 28.7 Å². The number of halogens is 1. The minimum absolute atomic E-state index is 0.191. The van der Waals surface area contributed by atoms with Gasteiger partial charge in [0.05, 0.1) is 6.54 Å². The van der Waals surface area contributed by atoms with Crippen LogP contribution in [0.5, 0.6) is 0 Å². The van der Waals surface area contributed by atoms with Gasteiger partial charge in [0, 0.05) is 18.5 Å². The van der Waals surface area contributed by atoms with E-state index in [-0.39, 0.29) is 12.5 Å². The molecule has 0 bridgehead atoms. The van der Waals surface area contributed by atoms with E-state index in [0.717, 1.165) is 12.1 Å². The molecule has 0 saturated heterocycles. The number of likely N-dealkylation sites (N-methyl/N-ethyl adjacent to an activating group) is 1. The first-order valence-corrected chi connectivity index (χ1v) is 7.82. The molecule has 0 unspecified atom stereocenters. The Labute approximate surface area is 140 Å². The highest BCUT2D eigenvalue weighted by Crippen LogP contribution is 2.16. The quantitative estimate of drug-likeness (QED) is 0.723. The number of ether oxygens (including phenoxy) is 1. The second-order valence-electron chi connectivity index (χ2n) is 5.22. The minimum atomic E-state index is -0.557. The molecule has 0 spiro atoms. The first-order chi connectivity index (χ1) is 11.0. The molecule has 1 aromatic carbocycles. The van der Waals surface area contributed by atoms with Crippen molar-refractivity contribution in [3.05, 3.63) is 46.6 Å². The maximum Gasteiger partial charge on any atom is 0.320 e. The number of nitrogens with zero attached hydrogens (tertiary/aromatic N) is 3. The van der Waals surface area contributed by atoms with Crippen molar-refractivity contribution in [2.24, 2.45) is 0 Å². The Hall–Kier alpha value is -1.92. The van der Waals surface area contributed by atoms with E-state index < -0.39 is 6.10 Å². The molecule has 0 saturated carbocycles. The molecular formula is C16H20ClN3O3. The molecule has 0 N–H and O–H groups in total. The van der Waals surface area contributed by atoms with Crippen molar-refractivity contribution in [3.8, 4) is 0 Å². The minimum Gasteiger partial charge on any atom is -0.452 e. The Morgan fingerprint density at radius 3 is 2.61 bits per heavy atom. The summed E-state index contributed by atoms with van der Waals surface area (Å²) in [6.45, 7) is 6.96. The molecule has 1 aromatic heterocycles. The van der Waals surface area contributed by atoms with E-state index in [1.807, 2.05) is 36.1 Å². The van der Waals surface area contributed by atoms with E-state index in [1.165, 1.54) is 0 Å². The summed E-state index contributed by atoms with van der Waals surface area (Å²) in [7, 11) is 0. The number of carbonyl (C=O) groups excluding carboxylic acids is 1. The second-order valence-corrected chi connectivity index (χ2v) is 5.66. The predicted molar refractivity (Wildman–Crippen MR) is 85.9 cm³/mol. The van der Waals surface area contributed by atoms with Crippen molar-refractivity contribution >= 4 is 17.6 Å². The lowest BCUT2D eigenvalue weighted by Gasteiger charge is -2.20. The maximum atomic E-state index is 12.1. The van der Waals surface area contributed by atoms with Crippen LogP contribution in [0.2, 0.25) is 5.02 Å². The van der Waals surface area contributed by atoms with Gasteiger partial charge in [0.2, 0.25) is 5.89 Å². The Balaban J connectivity index is 1.87. The monoisotopic (exact) mass is 337 g/mol. The number of aryl methyl sites for hydroxylation is 1. The van der Waals surface area contributed by atoms with Gasteiger partial charge in [-0.1, -0.05) is 30.7 Å². The highest BCUT2D eigenvalue weighted by atomic mass is 35.5. The fraction of sp³-hybridized carbons (Fsp3) is 0.438. The summed E-state index contributed by atoms with van der Waals surface area (Å²) in [6, 6.07) is 7.56. The first-order valence-electron chi connectivity index (χ1n) is 7.44. The normalized spacial score (nSPS) is 12.4. The van der Waals surface area contributed by atoms with Crippen molar-refractivity contribution in [1.29, 1.82) is 0 Å². The number of aromatic nitrogens is 2. The van der Waals surface area contributed by atoms with Gasteiger partial charge in [-0.25, -0.2) is 0 Å². The lowest BCUT2D eigenvalue weighted by molar-refractivity contribution is -0.151. The highest BCUT2D eigenvalue weighted by Gasteiger charge is 2.19. The third-order valence-electron chi connectivity index (χ3n) is 3.32. The van der Waals surface area contributed by atoms with Gasteiger partial charge in [0.15, 0.2) is 6.10 Å². The molecule has 0 radical (unpaired) electrons. The standard InChI is InChI=1S/C16H20ClN3O3/c1-4-20(9-13-5-7-14(17)8-6-13)10-15(21)22-11(2)16-19-18-12(3)23-16/h5-8,11H,4,9-10H2,1-3H3/t11-/m1/s1. The molecule has 1 heterocycles. The van der Waals surface area contributed by atoms with Crippen molar-refractivity contribution in [3.63, 3.8) is 0 Å². The zero-order valence-electron chi connectivity index (χ0n) is 13.5. The Morgan fingerprint density at radius 2 is 2.04 bits per heavy atom. The summed E-state index contributed by atoms with van der Waals surface area (Å²) in [4.78, 5) is 14.1. The molecule has 0 fully saturated rings. The van der Waals surface area contributed by atoms with E-state index in [2.05, 4.69) is 10.2 Å². The molecule has 23 heavy (non-hydrogen) atoms.